The van der Waals surface area contributed by atoms with Crippen molar-refractivity contribution in [2.24, 2.45) is 0 Å². The maximum atomic E-state index is 12.3. The van der Waals surface area contributed by atoms with Crippen LogP contribution in [0.3, 0.4) is 0 Å². The van der Waals surface area contributed by atoms with Gasteiger partial charge in [0.05, 0.1) is 17.7 Å². The van der Waals surface area contributed by atoms with Crippen LogP contribution in [0.2, 0.25) is 5.02 Å². The molecule has 7 heteroatoms. The number of hydrogen-bond donors (Lipinski definition) is 1. The molecule has 2 aromatic rings. The minimum absolute atomic E-state index is 0.222. The highest BCUT2D eigenvalue weighted by molar-refractivity contribution is 6.32. The first-order valence-electron chi connectivity index (χ1n) is 7.72. The van der Waals surface area contributed by atoms with Gasteiger partial charge in [-0.05, 0) is 44.2 Å². The maximum absolute atomic E-state index is 12.3. The first-order valence-corrected chi connectivity index (χ1v) is 8.09. The molecule has 0 unspecified atom stereocenters. The number of carbonyl (C=O) groups is 2. The second-order valence-corrected chi connectivity index (χ2v) is 5.95. The van der Waals surface area contributed by atoms with Crippen molar-refractivity contribution in [2.45, 2.75) is 20.0 Å². The molecule has 0 spiro atoms. The van der Waals surface area contributed by atoms with E-state index in [0.29, 0.717) is 17.0 Å². The summed E-state index contributed by atoms with van der Waals surface area (Å²) in [7, 11) is 1.45. The van der Waals surface area contributed by atoms with Gasteiger partial charge in [-0.3, -0.25) is 4.79 Å². The van der Waals surface area contributed by atoms with E-state index in [1.165, 1.54) is 26.2 Å². The Bertz CT molecular complexity index is 890. The SMILES string of the molecule is COc1ccc(C)cc1C(=O)O[C@H](C)C(=O)Nc1ccc(C#N)c(Cl)c1. The van der Waals surface area contributed by atoms with E-state index in [1.807, 2.05) is 13.0 Å². The molecule has 0 radical (unpaired) electrons. The topological polar surface area (TPSA) is 88.4 Å². The highest BCUT2D eigenvalue weighted by Gasteiger charge is 2.21. The van der Waals surface area contributed by atoms with Gasteiger partial charge in [-0.25, -0.2) is 4.79 Å². The molecule has 0 fully saturated rings. The van der Waals surface area contributed by atoms with Gasteiger partial charge >= 0.3 is 5.97 Å². The van der Waals surface area contributed by atoms with E-state index in [-0.39, 0.29) is 10.6 Å². The fraction of sp³-hybridized carbons (Fsp3) is 0.211. The zero-order valence-electron chi connectivity index (χ0n) is 14.5. The molecule has 2 aromatic carbocycles. The van der Waals surface area contributed by atoms with Crippen molar-refractivity contribution in [3.05, 3.63) is 58.1 Å². The lowest BCUT2D eigenvalue weighted by molar-refractivity contribution is -0.123. The quantitative estimate of drug-likeness (QED) is 0.808. The van der Waals surface area contributed by atoms with Crippen LogP contribution < -0.4 is 10.1 Å². The van der Waals surface area contributed by atoms with Gasteiger partial charge in [0.15, 0.2) is 6.10 Å². The summed E-state index contributed by atoms with van der Waals surface area (Å²) in [5, 5.41) is 11.7. The Labute approximate surface area is 156 Å². The molecule has 1 amide bonds. The van der Waals surface area contributed by atoms with Crippen molar-refractivity contribution >= 4 is 29.2 Å². The molecule has 0 bridgehead atoms. The lowest BCUT2D eigenvalue weighted by Crippen LogP contribution is -2.30. The molecule has 6 nitrogen and oxygen atoms in total. The molecule has 2 rings (SSSR count). The number of nitrogens with zero attached hydrogens (tertiary/aromatic N) is 1. The zero-order valence-corrected chi connectivity index (χ0v) is 15.3. The molecule has 0 aliphatic heterocycles. The Morgan fingerprint density at radius 2 is 1.96 bits per heavy atom. The van der Waals surface area contributed by atoms with Crippen molar-refractivity contribution in [3.63, 3.8) is 0 Å². The van der Waals surface area contributed by atoms with Gasteiger partial charge in [0.2, 0.25) is 0 Å². The third-order valence-corrected chi connectivity index (χ3v) is 3.90. The number of halogens is 1. The first-order chi connectivity index (χ1) is 12.3. The fourth-order valence-corrected chi connectivity index (χ4v) is 2.41. The second kappa shape index (κ2) is 8.37. The predicted molar refractivity (Wildman–Crippen MR) is 97.4 cm³/mol. The summed E-state index contributed by atoms with van der Waals surface area (Å²) < 4.78 is 10.4. The molecule has 0 heterocycles. The highest BCUT2D eigenvalue weighted by Crippen LogP contribution is 2.22. The van der Waals surface area contributed by atoms with Crippen LogP contribution in [0, 0.1) is 18.3 Å². The minimum atomic E-state index is -1.04. The molecule has 134 valence electrons. The standard InChI is InChI=1S/C19H17ClN2O4/c1-11-4-7-17(25-3)15(8-11)19(24)26-12(2)18(23)22-14-6-5-13(10-21)16(20)9-14/h4-9,12H,1-3H3,(H,22,23)/t12-/m1/s1. The van der Waals surface area contributed by atoms with Crippen molar-refractivity contribution in [3.8, 4) is 11.8 Å². The van der Waals surface area contributed by atoms with E-state index >= 15 is 0 Å². The van der Waals surface area contributed by atoms with E-state index in [1.54, 1.807) is 24.3 Å². The summed E-state index contributed by atoms with van der Waals surface area (Å²) in [6, 6.07) is 11.5. The number of aryl methyl sites for hydroxylation is 1. The van der Waals surface area contributed by atoms with E-state index in [9.17, 15) is 9.59 Å². The number of benzene rings is 2. The Morgan fingerprint density at radius 3 is 2.58 bits per heavy atom. The average molecular weight is 373 g/mol. The van der Waals surface area contributed by atoms with E-state index in [2.05, 4.69) is 5.32 Å². The Balaban J connectivity index is 2.07. The highest BCUT2D eigenvalue weighted by atomic mass is 35.5. The lowest BCUT2D eigenvalue weighted by atomic mass is 10.1. The fourth-order valence-electron chi connectivity index (χ4n) is 2.19. The number of anilines is 1. The molecular weight excluding hydrogens is 356 g/mol. The Kier molecular flexibility index (Phi) is 6.21. The number of methoxy groups -OCH3 is 1. The van der Waals surface area contributed by atoms with Crippen molar-refractivity contribution in [1.82, 2.24) is 0 Å². The van der Waals surface area contributed by atoms with Gasteiger partial charge in [-0.2, -0.15) is 5.26 Å². The molecule has 1 N–H and O–H groups in total. The van der Waals surface area contributed by atoms with Gasteiger partial charge in [-0.15, -0.1) is 0 Å². The maximum Gasteiger partial charge on any atom is 0.342 e. The van der Waals surface area contributed by atoms with Crippen LogP contribution >= 0.6 is 11.6 Å². The minimum Gasteiger partial charge on any atom is -0.496 e. The number of nitriles is 1. The van der Waals surface area contributed by atoms with Gasteiger partial charge in [0.1, 0.15) is 17.4 Å². The second-order valence-electron chi connectivity index (χ2n) is 5.55. The summed E-state index contributed by atoms with van der Waals surface area (Å²) in [5.74, 6) is -0.816. The Hall–Kier alpha value is -3.04. The van der Waals surface area contributed by atoms with Crippen LogP contribution in [0.5, 0.6) is 5.75 Å². The largest absolute Gasteiger partial charge is 0.496 e. The number of amides is 1. The molecular formula is C19H17ClN2O4. The van der Waals surface area contributed by atoms with Crippen molar-refractivity contribution in [1.29, 1.82) is 5.26 Å². The number of ether oxygens (including phenoxy) is 2. The Morgan fingerprint density at radius 1 is 1.23 bits per heavy atom. The molecule has 1 atom stereocenters. The summed E-state index contributed by atoms with van der Waals surface area (Å²) in [4.78, 5) is 24.6. The molecule has 26 heavy (non-hydrogen) atoms. The van der Waals surface area contributed by atoms with E-state index < -0.39 is 18.0 Å². The first kappa shape index (κ1) is 19.3. The number of rotatable bonds is 5. The number of esters is 1. The molecule has 0 saturated carbocycles. The number of nitrogens with one attached hydrogen (secondary N) is 1. The molecule has 0 saturated heterocycles. The van der Waals surface area contributed by atoms with Crippen LogP contribution in [0.25, 0.3) is 0 Å². The summed E-state index contributed by atoms with van der Waals surface area (Å²) in [5.41, 5.74) is 1.81. The van der Waals surface area contributed by atoms with Gasteiger partial charge in [-0.1, -0.05) is 23.2 Å². The van der Waals surface area contributed by atoms with Crippen LogP contribution in [0.4, 0.5) is 5.69 Å². The smallest absolute Gasteiger partial charge is 0.342 e. The predicted octanol–water partition coefficient (Wildman–Crippen LogP) is 3.71. The molecule has 0 aromatic heterocycles. The van der Waals surface area contributed by atoms with Gasteiger partial charge in [0, 0.05) is 5.69 Å². The summed E-state index contributed by atoms with van der Waals surface area (Å²) >= 11 is 5.93. The third kappa shape index (κ3) is 4.52. The molecule has 0 aliphatic carbocycles. The third-order valence-electron chi connectivity index (χ3n) is 3.59. The van der Waals surface area contributed by atoms with Crippen molar-refractivity contribution < 1.29 is 19.1 Å². The van der Waals surface area contributed by atoms with E-state index in [4.69, 9.17) is 26.3 Å². The van der Waals surface area contributed by atoms with Crippen molar-refractivity contribution in [2.75, 3.05) is 12.4 Å². The number of hydrogen-bond acceptors (Lipinski definition) is 5. The zero-order chi connectivity index (χ0) is 19.3. The summed E-state index contributed by atoms with van der Waals surface area (Å²) in [6.07, 6.45) is -1.04. The van der Waals surface area contributed by atoms with Crippen LogP contribution in [0.15, 0.2) is 36.4 Å². The van der Waals surface area contributed by atoms with Crippen LogP contribution in [-0.2, 0) is 9.53 Å². The normalized spacial score (nSPS) is 11.2. The van der Waals surface area contributed by atoms with E-state index in [0.717, 1.165) is 5.56 Å². The number of carbonyl (C=O) groups excluding carboxylic acids is 2. The van der Waals surface area contributed by atoms with Crippen LogP contribution in [0.1, 0.15) is 28.4 Å². The summed E-state index contributed by atoms with van der Waals surface area (Å²) in [6.45, 7) is 3.29. The average Bonchev–Trinajstić information content (AvgIpc) is 2.61. The van der Waals surface area contributed by atoms with Gasteiger partial charge < -0.3 is 14.8 Å². The molecule has 0 aliphatic rings. The van der Waals surface area contributed by atoms with Gasteiger partial charge in [0.25, 0.3) is 5.91 Å². The lowest BCUT2D eigenvalue weighted by Gasteiger charge is -2.15. The van der Waals surface area contributed by atoms with Crippen LogP contribution in [-0.4, -0.2) is 25.1 Å². The monoisotopic (exact) mass is 372 g/mol.